The predicted molar refractivity (Wildman–Crippen MR) is 149 cm³/mol. The van der Waals surface area contributed by atoms with Gasteiger partial charge in [0.15, 0.2) is 0 Å². The van der Waals surface area contributed by atoms with Crippen LogP contribution in [-0.4, -0.2) is 78.8 Å². The summed E-state index contributed by atoms with van der Waals surface area (Å²) in [5.74, 6) is 0.970. The SMILES string of the molecule is CCCN1CC[C@H](N(C)c2nc(-c3ccc(F)c(C)c3)cc(N3CCN(c4ncccc4C(F)(F)F)CC3)n2)C1. The van der Waals surface area contributed by atoms with Crippen LogP contribution in [0.3, 0.4) is 0 Å². The number of rotatable bonds is 7. The summed E-state index contributed by atoms with van der Waals surface area (Å²) in [5.41, 5.74) is 1.28. The molecule has 2 fully saturated rings. The van der Waals surface area contributed by atoms with Gasteiger partial charge in [-0.15, -0.1) is 0 Å². The Morgan fingerprint density at radius 1 is 1.00 bits per heavy atom. The first-order valence-electron chi connectivity index (χ1n) is 13.8. The molecule has 2 aliphatic rings. The normalized spacial score (nSPS) is 18.4. The maximum Gasteiger partial charge on any atom is 0.419 e. The van der Waals surface area contributed by atoms with E-state index in [2.05, 4.69) is 26.6 Å². The van der Waals surface area contributed by atoms with E-state index < -0.39 is 11.7 Å². The third-order valence-electron chi connectivity index (χ3n) is 7.80. The highest BCUT2D eigenvalue weighted by atomic mass is 19.4. The number of likely N-dealkylation sites (N-methyl/N-ethyl adjacent to an activating group) is 1. The summed E-state index contributed by atoms with van der Waals surface area (Å²) in [7, 11) is 2.01. The lowest BCUT2D eigenvalue weighted by Gasteiger charge is -2.37. The highest BCUT2D eigenvalue weighted by Gasteiger charge is 2.36. The Morgan fingerprint density at radius 2 is 1.75 bits per heavy atom. The lowest BCUT2D eigenvalue weighted by atomic mass is 10.1. The van der Waals surface area contributed by atoms with Crippen LogP contribution in [0.5, 0.6) is 0 Å². The van der Waals surface area contributed by atoms with E-state index in [0.29, 0.717) is 49.2 Å². The van der Waals surface area contributed by atoms with Gasteiger partial charge in [0.25, 0.3) is 0 Å². The first kappa shape index (κ1) is 28.1. The number of hydrogen-bond acceptors (Lipinski definition) is 7. The Labute approximate surface area is 232 Å². The van der Waals surface area contributed by atoms with E-state index in [1.165, 1.54) is 18.3 Å². The molecule has 2 aromatic heterocycles. The number of benzene rings is 1. The van der Waals surface area contributed by atoms with Crippen molar-refractivity contribution >= 4 is 17.6 Å². The van der Waals surface area contributed by atoms with Crippen LogP contribution in [-0.2, 0) is 6.18 Å². The van der Waals surface area contributed by atoms with Crippen LogP contribution in [0.15, 0.2) is 42.6 Å². The van der Waals surface area contributed by atoms with Crippen molar-refractivity contribution in [3.8, 4) is 11.3 Å². The number of halogens is 4. The zero-order valence-corrected chi connectivity index (χ0v) is 23.1. The molecule has 0 spiro atoms. The van der Waals surface area contributed by atoms with Gasteiger partial charge in [0.1, 0.15) is 17.5 Å². The second-order valence-corrected chi connectivity index (χ2v) is 10.6. The van der Waals surface area contributed by atoms with Gasteiger partial charge in [-0.2, -0.15) is 18.2 Å². The molecular weight excluding hydrogens is 522 g/mol. The maximum atomic E-state index is 14.0. The second kappa shape index (κ2) is 11.6. The molecule has 0 radical (unpaired) electrons. The van der Waals surface area contributed by atoms with Gasteiger partial charge < -0.3 is 19.6 Å². The average Bonchev–Trinajstić information content (AvgIpc) is 3.42. The molecule has 214 valence electrons. The molecule has 0 N–H and O–H groups in total. The predicted octanol–water partition coefficient (Wildman–Crippen LogP) is 5.25. The van der Waals surface area contributed by atoms with Crippen LogP contribution in [0.4, 0.5) is 35.1 Å². The molecule has 0 unspecified atom stereocenters. The molecule has 3 aromatic rings. The minimum absolute atomic E-state index is 0.0434. The largest absolute Gasteiger partial charge is 0.419 e. The Morgan fingerprint density at radius 3 is 2.45 bits per heavy atom. The van der Waals surface area contributed by atoms with Gasteiger partial charge >= 0.3 is 6.18 Å². The molecule has 0 bridgehead atoms. The van der Waals surface area contributed by atoms with Crippen molar-refractivity contribution in [1.29, 1.82) is 0 Å². The van der Waals surface area contributed by atoms with Gasteiger partial charge in [-0.1, -0.05) is 6.92 Å². The van der Waals surface area contributed by atoms with Gasteiger partial charge in [-0.3, -0.25) is 0 Å². The van der Waals surface area contributed by atoms with E-state index in [1.54, 1.807) is 24.0 Å². The number of alkyl halides is 3. The van der Waals surface area contributed by atoms with Gasteiger partial charge in [-0.05, 0) is 62.2 Å². The maximum absolute atomic E-state index is 14.0. The standard InChI is InChI=1S/C29H35F4N7/c1-4-11-38-12-9-22(19-38)37(3)28-35-25(21-7-8-24(30)20(2)17-21)18-26(36-28)39-13-15-40(16-14-39)27-23(29(31,32)33)6-5-10-34-27/h5-8,10,17-18,22H,4,9,11-16,19H2,1-3H3/t22-/m0/s1. The smallest absolute Gasteiger partial charge is 0.353 e. The lowest BCUT2D eigenvalue weighted by molar-refractivity contribution is -0.137. The average molecular weight is 558 g/mol. The molecule has 4 heterocycles. The third kappa shape index (κ3) is 5.99. The van der Waals surface area contributed by atoms with Crippen LogP contribution in [0.1, 0.15) is 30.9 Å². The molecule has 1 atom stereocenters. The second-order valence-electron chi connectivity index (χ2n) is 10.6. The number of anilines is 3. The van der Waals surface area contributed by atoms with Gasteiger partial charge in [0.05, 0.1) is 11.3 Å². The Hall–Kier alpha value is -3.47. The van der Waals surface area contributed by atoms with E-state index in [4.69, 9.17) is 9.97 Å². The summed E-state index contributed by atoms with van der Waals surface area (Å²) in [6, 6.07) is 9.48. The summed E-state index contributed by atoms with van der Waals surface area (Å²) in [5, 5.41) is 0. The van der Waals surface area contributed by atoms with Crippen molar-refractivity contribution < 1.29 is 17.6 Å². The van der Waals surface area contributed by atoms with Gasteiger partial charge in [0.2, 0.25) is 5.95 Å². The summed E-state index contributed by atoms with van der Waals surface area (Å²) >= 11 is 0. The number of aryl methyl sites for hydroxylation is 1. The summed E-state index contributed by atoms with van der Waals surface area (Å²) in [6.07, 6.45) is -0.960. The Bertz CT molecular complexity index is 1320. The zero-order chi connectivity index (χ0) is 28.4. The number of pyridine rings is 1. The molecule has 40 heavy (non-hydrogen) atoms. The van der Waals surface area contributed by atoms with Crippen LogP contribution in [0.25, 0.3) is 11.3 Å². The first-order valence-corrected chi connectivity index (χ1v) is 13.8. The van der Waals surface area contributed by atoms with Crippen molar-refractivity contribution in [2.45, 2.75) is 38.9 Å². The molecule has 5 rings (SSSR count). The molecule has 2 saturated heterocycles. The molecule has 7 nitrogen and oxygen atoms in total. The van der Waals surface area contributed by atoms with E-state index in [1.807, 2.05) is 13.1 Å². The number of likely N-dealkylation sites (tertiary alicyclic amines) is 1. The zero-order valence-electron chi connectivity index (χ0n) is 23.1. The van der Waals surface area contributed by atoms with Crippen LogP contribution in [0.2, 0.25) is 0 Å². The molecule has 1 aromatic carbocycles. The topological polar surface area (TPSA) is 51.6 Å². The fourth-order valence-electron chi connectivity index (χ4n) is 5.52. The summed E-state index contributed by atoms with van der Waals surface area (Å²) < 4.78 is 54.8. The molecule has 11 heteroatoms. The summed E-state index contributed by atoms with van der Waals surface area (Å²) in [4.78, 5) is 22.2. The highest BCUT2D eigenvalue weighted by molar-refractivity contribution is 5.66. The quantitative estimate of drug-likeness (QED) is 0.368. The number of piperazine rings is 1. The van der Waals surface area contributed by atoms with E-state index in [-0.39, 0.29) is 17.7 Å². The van der Waals surface area contributed by atoms with Crippen molar-refractivity contribution in [3.63, 3.8) is 0 Å². The van der Waals surface area contributed by atoms with E-state index in [0.717, 1.165) is 44.1 Å². The minimum Gasteiger partial charge on any atom is -0.353 e. The fraction of sp³-hybridized carbons (Fsp3) is 0.483. The van der Waals surface area contributed by atoms with Crippen LogP contribution in [0, 0.1) is 12.7 Å². The van der Waals surface area contributed by atoms with Crippen molar-refractivity contribution in [3.05, 3.63) is 59.5 Å². The molecule has 0 amide bonds. The van der Waals surface area contributed by atoms with Crippen molar-refractivity contribution in [2.75, 3.05) is 67.6 Å². The third-order valence-corrected chi connectivity index (χ3v) is 7.80. The number of nitrogens with zero attached hydrogens (tertiary/aromatic N) is 7. The highest BCUT2D eigenvalue weighted by Crippen LogP contribution is 2.36. The number of aromatic nitrogens is 3. The van der Waals surface area contributed by atoms with E-state index in [9.17, 15) is 17.6 Å². The molecular formula is C29H35F4N7. The Kier molecular flexibility index (Phi) is 8.11. The van der Waals surface area contributed by atoms with Crippen LogP contribution < -0.4 is 14.7 Å². The number of hydrogen-bond donors (Lipinski definition) is 0. The van der Waals surface area contributed by atoms with Gasteiger partial charge in [0, 0.05) is 70.2 Å². The molecule has 2 aliphatic heterocycles. The van der Waals surface area contributed by atoms with Crippen molar-refractivity contribution in [1.82, 2.24) is 19.9 Å². The molecule has 0 saturated carbocycles. The van der Waals surface area contributed by atoms with Crippen LogP contribution >= 0.6 is 0 Å². The monoisotopic (exact) mass is 557 g/mol. The first-order chi connectivity index (χ1) is 19.1. The molecule has 0 aliphatic carbocycles. The lowest BCUT2D eigenvalue weighted by Crippen LogP contribution is -2.47. The Balaban J connectivity index is 1.42. The minimum atomic E-state index is -4.47. The van der Waals surface area contributed by atoms with E-state index >= 15 is 0 Å². The fourth-order valence-corrected chi connectivity index (χ4v) is 5.52. The summed E-state index contributed by atoms with van der Waals surface area (Å²) in [6.45, 7) is 8.62. The van der Waals surface area contributed by atoms with Crippen molar-refractivity contribution in [2.24, 2.45) is 0 Å². The van der Waals surface area contributed by atoms with Gasteiger partial charge in [-0.25, -0.2) is 14.4 Å².